The summed E-state index contributed by atoms with van der Waals surface area (Å²) in [5, 5.41) is 2.88. The lowest BCUT2D eigenvalue weighted by molar-refractivity contribution is -0.119. The first kappa shape index (κ1) is 26.0. The third-order valence-electron chi connectivity index (χ3n) is 5.75. The Hall–Kier alpha value is -2.62. The molecular weight excluding hydrogens is 454 g/mol. The van der Waals surface area contributed by atoms with E-state index in [4.69, 9.17) is 9.47 Å². The molecule has 1 amide bonds. The van der Waals surface area contributed by atoms with Crippen molar-refractivity contribution in [3.8, 4) is 5.75 Å². The minimum atomic E-state index is -4.07. The van der Waals surface area contributed by atoms with Crippen LogP contribution < -0.4 is 14.4 Å². The van der Waals surface area contributed by atoms with Crippen molar-refractivity contribution < 1.29 is 22.7 Å². The Balaban J connectivity index is 1.80. The van der Waals surface area contributed by atoms with Crippen molar-refractivity contribution in [2.24, 2.45) is 0 Å². The first-order valence-corrected chi connectivity index (χ1v) is 13.0. The number of carbonyl (C=O) groups is 1. The zero-order valence-corrected chi connectivity index (χ0v) is 21.3. The molecule has 1 aliphatic rings. The summed E-state index contributed by atoms with van der Waals surface area (Å²) >= 11 is 0. The third kappa shape index (κ3) is 6.71. The van der Waals surface area contributed by atoms with E-state index in [1.165, 1.54) is 11.4 Å². The highest BCUT2D eigenvalue weighted by Crippen LogP contribution is 2.31. The van der Waals surface area contributed by atoms with E-state index in [0.29, 0.717) is 12.2 Å². The van der Waals surface area contributed by atoms with E-state index < -0.39 is 10.0 Å². The number of nitrogens with zero attached hydrogens (tertiary/aromatic N) is 2. The molecule has 0 radical (unpaired) electrons. The highest BCUT2D eigenvalue weighted by Gasteiger charge is 2.30. The maximum absolute atomic E-state index is 13.8. The minimum Gasteiger partial charge on any atom is -0.495 e. The predicted molar refractivity (Wildman–Crippen MR) is 133 cm³/mol. The molecule has 1 saturated heterocycles. The van der Waals surface area contributed by atoms with E-state index in [1.807, 2.05) is 26.8 Å². The number of rotatable bonds is 10. The number of aryl methyl sites for hydroxylation is 3. The van der Waals surface area contributed by atoms with Crippen LogP contribution in [0.4, 0.5) is 5.69 Å². The summed E-state index contributed by atoms with van der Waals surface area (Å²) in [7, 11) is -2.63. The number of nitrogens with one attached hydrogen (secondary N) is 1. The molecule has 0 spiro atoms. The van der Waals surface area contributed by atoms with Crippen LogP contribution in [0.5, 0.6) is 5.75 Å². The van der Waals surface area contributed by atoms with Crippen LogP contribution in [-0.2, 0) is 19.6 Å². The first-order chi connectivity index (χ1) is 16.2. The Kier molecular flexibility index (Phi) is 8.93. The van der Waals surface area contributed by atoms with Crippen molar-refractivity contribution in [3.63, 3.8) is 0 Å². The smallest absolute Gasteiger partial charge is 0.268 e. The van der Waals surface area contributed by atoms with Gasteiger partial charge in [0.15, 0.2) is 0 Å². The standard InChI is InChI=1S/C25H35N3O5S/c1-19-6-7-23(32-4)24(17-19)34(30,31)28(22-15-20(2)14-21(3)16-22)18-25(29)26-8-5-9-27-10-12-33-13-11-27/h6-7,14-17H,5,8-13,18H2,1-4H3,(H,26,29). The predicted octanol–water partition coefficient (Wildman–Crippen LogP) is 2.65. The molecule has 3 rings (SSSR count). The Morgan fingerprint density at radius 3 is 2.38 bits per heavy atom. The van der Waals surface area contributed by atoms with Crippen LogP contribution in [0.15, 0.2) is 41.3 Å². The van der Waals surface area contributed by atoms with Gasteiger partial charge in [0.25, 0.3) is 10.0 Å². The number of hydrogen-bond donors (Lipinski definition) is 1. The summed E-state index contributed by atoms with van der Waals surface area (Å²) in [5.74, 6) is -0.109. The summed E-state index contributed by atoms with van der Waals surface area (Å²) in [6.07, 6.45) is 0.785. The molecule has 0 bridgehead atoms. The van der Waals surface area contributed by atoms with Gasteiger partial charge in [0, 0.05) is 19.6 Å². The van der Waals surface area contributed by atoms with E-state index in [-0.39, 0.29) is 23.1 Å². The normalized spacial score (nSPS) is 14.6. The Labute approximate surface area is 202 Å². The number of ether oxygens (including phenoxy) is 2. The number of methoxy groups -OCH3 is 1. The highest BCUT2D eigenvalue weighted by molar-refractivity contribution is 7.93. The molecular formula is C25H35N3O5S. The third-order valence-corrected chi connectivity index (χ3v) is 7.54. The maximum atomic E-state index is 13.8. The van der Waals surface area contributed by atoms with E-state index in [1.54, 1.807) is 30.3 Å². The van der Waals surface area contributed by atoms with Crippen LogP contribution in [-0.4, -0.2) is 72.3 Å². The van der Waals surface area contributed by atoms with E-state index in [0.717, 1.165) is 56.0 Å². The van der Waals surface area contributed by atoms with Crippen LogP contribution in [0.2, 0.25) is 0 Å². The van der Waals surface area contributed by atoms with Crippen molar-refractivity contribution in [2.75, 3.05) is 57.4 Å². The molecule has 2 aromatic carbocycles. The Morgan fingerprint density at radius 1 is 1.06 bits per heavy atom. The number of carbonyl (C=O) groups excluding carboxylic acids is 1. The van der Waals surface area contributed by atoms with Gasteiger partial charge in [-0.25, -0.2) is 8.42 Å². The topological polar surface area (TPSA) is 88.2 Å². The molecule has 0 aliphatic carbocycles. The summed E-state index contributed by atoms with van der Waals surface area (Å²) < 4.78 is 39.5. The first-order valence-electron chi connectivity index (χ1n) is 11.5. The average Bonchev–Trinajstić information content (AvgIpc) is 2.80. The number of morpholine rings is 1. The van der Waals surface area contributed by atoms with E-state index in [9.17, 15) is 13.2 Å². The largest absolute Gasteiger partial charge is 0.495 e. The van der Waals surface area contributed by atoms with Gasteiger partial charge in [-0.2, -0.15) is 0 Å². The van der Waals surface area contributed by atoms with Crippen LogP contribution in [0.3, 0.4) is 0 Å². The molecule has 1 fully saturated rings. The second-order valence-corrected chi connectivity index (χ2v) is 10.5. The zero-order valence-electron chi connectivity index (χ0n) is 20.5. The Morgan fingerprint density at radius 2 is 1.74 bits per heavy atom. The van der Waals surface area contributed by atoms with Crippen LogP contribution in [0, 0.1) is 20.8 Å². The second kappa shape index (κ2) is 11.7. The van der Waals surface area contributed by atoms with Gasteiger partial charge >= 0.3 is 0 Å². The number of amides is 1. The van der Waals surface area contributed by atoms with Crippen molar-refractivity contribution in [1.82, 2.24) is 10.2 Å². The number of anilines is 1. The van der Waals surface area contributed by atoms with Gasteiger partial charge in [-0.15, -0.1) is 0 Å². The van der Waals surface area contributed by atoms with Crippen molar-refractivity contribution in [3.05, 3.63) is 53.1 Å². The number of hydrogen-bond acceptors (Lipinski definition) is 6. The number of sulfonamides is 1. The molecule has 34 heavy (non-hydrogen) atoms. The maximum Gasteiger partial charge on any atom is 0.268 e. The monoisotopic (exact) mass is 489 g/mol. The number of benzene rings is 2. The van der Waals surface area contributed by atoms with E-state index >= 15 is 0 Å². The van der Waals surface area contributed by atoms with Gasteiger partial charge < -0.3 is 14.8 Å². The lowest BCUT2D eigenvalue weighted by atomic mass is 10.1. The van der Waals surface area contributed by atoms with Gasteiger partial charge in [0.05, 0.1) is 26.0 Å². The quantitative estimate of drug-likeness (QED) is 0.517. The molecule has 1 heterocycles. The zero-order chi connectivity index (χ0) is 24.7. The molecule has 1 N–H and O–H groups in total. The fourth-order valence-electron chi connectivity index (χ4n) is 4.06. The minimum absolute atomic E-state index is 0.0364. The van der Waals surface area contributed by atoms with Crippen molar-refractivity contribution in [1.29, 1.82) is 0 Å². The van der Waals surface area contributed by atoms with Gasteiger partial charge in [0.1, 0.15) is 17.2 Å². The molecule has 0 aromatic heterocycles. The molecule has 2 aromatic rings. The van der Waals surface area contributed by atoms with Gasteiger partial charge in [-0.3, -0.25) is 14.0 Å². The molecule has 0 saturated carbocycles. The Bertz CT molecular complexity index is 1080. The fourth-order valence-corrected chi connectivity index (χ4v) is 5.70. The van der Waals surface area contributed by atoms with Crippen LogP contribution in [0.1, 0.15) is 23.1 Å². The lowest BCUT2D eigenvalue weighted by Gasteiger charge is -2.27. The van der Waals surface area contributed by atoms with Gasteiger partial charge in [-0.1, -0.05) is 12.1 Å². The summed E-state index contributed by atoms with van der Waals surface area (Å²) in [6.45, 7) is 9.90. The van der Waals surface area contributed by atoms with Crippen LogP contribution in [0.25, 0.3) is 0 Å². The van der Waals surface area contributed by atoms with E-state index in [2.05, 4.69) is 10.2 Å². The SMILES string of the molecule is COc1ccc(C)cc1S(=O)(=O)N(CC(=O)NCCCN1CCOCC1)c1cc(C)cc(C)c1. The molecule has 0 unspecified atom stereocenters. The average molecular weight is 490 g/mol. The van der Waals surface area contributed by atoms with Crippen molar-refractivity contribution in [2.45, 2.75) is 32.1 Å². The molecule has 8 nitrogen and oxygen atoms in total. The molecule has 0 atom stereocenters. The van der Waals surface area contributed by atoms with Crippen LogP contribution >= 0.6 is 0 Å². The summed E-state index contributed by atoms with van der Waals surface area (Å²) in [5.41, 5.74) is 3.06. The van der Waals surface area contributed by atoms with Gasteiger partial charge in [-0.05, 0) is 74.7 Å². The summed E-state index contributed by atoms with van der Waals surface area (Å²) in [4.78, 5) is 15.2. The summed E-state index contributed by atoms with van der Waals surface area (Å²) in [6, 6.07) is 10.5. The molecule has 1 aliphatic heterocycles. The van der Waals surface area contributed by atoms with Crippen molar-refractivity contribution >= 4 is 21.6 Å². The molecule has 186 valence electrons. The van der Waals surface area contributed by atoms with Gasteiger partial charge in [0.2, 0.25) is 5.91 Å². The highest BCUT2D eigenvalue weighted by atomic mass is 32.2. The lowest BCUT2D eigenvalue weighted by Crippen LogP contribution is -2.42. The second-order valence-electron chi connectivity index (χ2n) is 8.67. The molecule has 9 heteroatoms. The fraction of sp³-hybridized carbons (Fsp3) is 0.480.